The number of carbonyl (C=O) groups is 1. The number of carbonyl (C=O) groups excluding carboxylic acids is 1. The van der Waals surface area contributed by atoms with E-state index in [1.54, 1.807) is 24.3 Å². The summed E-state index contributed by atoms with van der Waals surface area (Å²) < 4.78 is 5.53. The maximum atomic E-state index is 11.0. The lowest BCUT2D eigenvalue weighted by Gasteiger charge is -2.46. The third-order valence-electron chi connectivity index (χ3n) is 4.15. The number of piperidine rings is 1. The van der Waals surface area contributed by atoms with Gasteiger partial charge in [0.2, 0.25) is 5.91 Å². The molecule has 9 nitrogen and oxygen atoms in total. The van der Waals surface area contributed by atoms with E-state index in [2.05, 4.69) is 5.32 Å². The fourth-order valence-electron chi connectivity index (χ4n) is 2.81. The van der Waals surface area contributed by atoms with Gasteiger partial charge in [0.1, 0.15) is 36.9 Å². The number of ether oxygens (including phenoxy) is 1. The molecule has 25 heavy (non-hydrogen) atoms. The van der Waals surface area contributed by atoms with Gasteiger partial charge in [-0.3, -0.25) is 9.69 Å². The summed E-state index contributed by atoms with van der Waals surface area (Å²) in [5.41, 5.74) is 0.631. The Hall–Kier alpha value is -1.75. The van der Waals surface area contributed by atoms with Crippen LogP contribution in [0.2, 0.25) is 0 Å². The standard InChI is InChI=1S/C16H24N2O7/c1-9(20)17-10-2-4-11(5-3-10)25-7-6-18-12(8-19)13(21)14(22)15(23)16(18)24/h2-5,12-16,19,21-24H,6-8H2,1H3,(H,17,20)/t12-,13-,14+,15-,16?/m1/s1. The number of hydrogen-bond acceptors (Lipinski definition) is 8. The zero-order valence-corrected chi connectivity index (χ0v) is 13.8. The second kappa shape index (κ2) is 8.56. The normalized spacial score (nSPS) is 30.1. The van der Waals surface area contributed by atoms with E-state index in [1.165, 1.54) is 11.8 Å². The molecule has 6 N–H and O–H groups in total. The highest BCUT2D eigenvalue weighted by atomic mass is 16.5. The van der Waals surface area contributed by atoms with Crippen molar-refractivity contribution >= 4 is 11.6 Å². The van der Waals surface area contributed by atoms with Crippen LogP contribution in [-0.4, -0.2) is 86.7 Å². The summed E-state index contributed by atoms with van der Waals surface area (Å²) in [4.78, 5) is 12.2. The van der Waals surface area contributed by atoms with Crippen molar-refractivity contribution in [3.63, 3.8) is 0 Å². The molecule has 0 spiro atoms. The van der Waals surface area contributed by atoms with Crippen molar-refractivity contribution in [1.29, 1.82) is 0 Å². The lowest BCUT2D eigenvalue weighted by molar-refractivity contribution is -0.223. The molecule has 0 radical (unpaired) electrons. The first-order valence-electron chi connectivity index (χ1n) is 7.94. The number of amides is 1. The second-order valence-corrected chi connectivity index (χ2v) is 5.93. The van der Waals surface area contributed by atoms with Crippen LogP contribution in [-0.2, 0) is 4.79 Å². The predicted octanol–water partition coefficient (Wildman–Crippen LogP) is -1.90. The van der Waals surface area contributed by atoms with Crippen molar-refractivity contribution in [2.24, 2.45) is 0 Å². The molecule has 0 bridgehead atoms. The van der Waals surface area contributed by atoms with Crippen molar-refractivity contribution in [3.05, 3.63) is 24.3 Å². The smallest absolute Gasteiger partial charge is 0.221 e. The van der Waals surface area contributed by atoms with Gasteiger partial charge in [-0.05, 0) is 24.3 Å². The molecule has 1 aromatic rings. The second-order valence-electron chi connectivity index (χ2n) is 5.93. The van der Waals surface area contributed by atoms with Gasteiger partial charge in [-0.15, -0.1) is 0 Å². The number of aliphatic hydroxyl groups is 5. The number of benzene rings is 1. The highest BCUT2D eigenvalue weighted by Gasteiger charge is 2.46. The van der Waals surface area contributed by atoms with Crippen molar-refractivity contribution in [2.75, 3.05) is 25.1 Å². The summed E-state index contributed by atoms with van der Waals surface area (Å²) in [6, 6.07) is 5.75. The highest BCUT2D eigenvalue weighted by molar-refractivity contribution is 5.88. The molecule has 0 aromatic heterocycles. The first-order chi connectivity index (χ1) is 11.8. The third-order valence-corrected chi connectivity index (χ3v) is 4.15. The van der Waals surface area contributed by atoms with Crippen LogP contribution < -0.4 is 10.1 Å². The van der Waals surface area contributed by atoms with E-state index >= 15 is 0 Å². The molecule has 5 atom stereocenters. The molecule has 9 heteroatoms. The fraction of sp³-hybridized carbons (Fsp3) is 0.562. The SMILES string of the molecule is CC(=O)Nc1ccc(OCCN2C(O)[C@H](O)[C@@H](O)[C@H](O)[C@H]2CO)cc1. The summed E-state index contributed by atoms with van der Waals surface area (Å²) in [5, 5.41) is 51.4. The van der Waals surface area contributed by atoms with E-state index in [0.717, 1.165) is 0 Å². The first-order valence-corrected chi connectivity index (χ1v) is 7.94. The molecule has 0 saturated carbocycles. The molecule has 2 rings (SSSR count). The van der Waals surface area contributed by atoms with Gasteiger partial charge in [0.15, 0.2) is 0 Å². The largest absolute Gasteiger partial charge is 0.492 e. The van der Waals surface area contributed by atoms with Gasteiger partial charge in [-0.2, -0.15) is 0 Å². The maximum Gasteiger partial charge on any atom is 0.221 e. The first kappa shape index (κ1) is 19.6. The van der Waals surface area contributed by atoms with Crippen LogP contribution in [0, 0.1) is 0 Å². The summed E-state index contributed by atoms with van der Waals surface area (Å²) in [6.45, 7) is 1.14. The van der Waals surface area contributed by atoms with Gasteiger partial charge in [0, 0.05) is 19.2 Å². The quantitative estimate of drug-likeness (QED) is 0.347. The van der Waals surface area contributed by atoms with Crippen LogP contribution in [0.1, 0.15) is 6.92 Å². The summed E-state index contributed by atoms with van der Waals surface area (Å²) in [6.07, 6.45) is -5.90. The fourth-order valence-corrected chi connectivity index (χ4v) is 2.81. The van der Waals surface area contributed by atoms with Gasteiger partial charge < -0.3 is 35.6 Å². The van der Waals surface area contributed by atoms with Gasteiger partial charge in [0.05, 0.1) is 12.6 Å². The number of nitrogens with zero attached hydrogens (tertiary/aromatic N) is 1. The van der Waals surface area contributed by atoms with Crippen molar-refractivity contribution in [1.82, 2.24) is 4.90 Å². The van der Waals surface area contributed by atoms with Gasteiger partial charge in [-0.1, -0.05) is 0 Å². The van der Waals surface area contributed by atoms with Crippen molar-refractivity contribution < 1.29 is 35.1 Å². The molecule has 1 aromatic carbocycles. The van der Waals surface area contributed by atoms with Crippen molar-refractivity contribution in [3.8, 4) is 5.75 Å². The molecule has 1 aliphatic heterocycles. The molecule has 1 saturated heterocycles. The number of anilines is 1. The minimum absolute atomic E-state index is 0.112. The Balaban J connectivity index is 1.92. The highest BCUT2D eigenvalue weighted by Crippen LogP contribution is 2.23. The molecule has 1 heterocycles. The molecule has 1 aliphatic rings. The van der Waals surface area contributed by atoms with E-state index in [4.69, 9.17) is 4.74 Å². The van der Waals surface area contributed by atoms with Gasteiger partial charge in [-0.25, -0.2) is 0 Å². The number of hydrogen-bond donors (Lipinski definition) is 6. The molecule has 0 aliphatic carbocycles. The average Bonchev–Trinajstić information content (AvgIpc) is 2.58. The Labute approximate surface area is 145 Å². The molecule has 1 fully saturated rings. The minimum atomic E-state index is -1.55. The Morgan fingerprint density at radius 1 is 1.12 bits per heavy atom. The monoisotopic (exact) mass is 356 g/mol. The number of aliphatic hydroxyl groups excluding tert-OH is 5. The molecular formula is C16H24N2O7. The Kier molecular flexibility index (Phi) is 6.71. The zero-order valence-electron chi connectivity index (χ0n) is 13.8. The minimum Gasteiger partial charge on any atom is -0.492 e. The molecule has 140 valence electrons. The Morgan fingerprint density at radius 2 is 1.76 bits per heavy atom. The van der Waals surface area contributed by atoms with Crippen LogP contribution in [0.3, 0.4) is 0 Å². The lowest BCUT2D eigenvalue weighted by atomic mass is 9.93. The van der Waals surface area contributed by atoms with Crippen LogP contribution in [0.15, 0.2) is 24.3 Å². The van der Waals surface area contributed by atoms with Crippen molar-refractivity contribution in [2.45, 2.75) is 37.5 Å². The van der Waals surface area contributed by atoms with Crippen LogP contribution in [0.5, 0.6) is 5.75 Å². The summed E-state index contributed by atoms with van der Waals surface area (Å²) >= 11 is 0. The van der Waals surface area contributed by atoms with E-state index < -0.39 is 37.2 Å². The van der Waals surface area contributed by atoms with Gasteiger partial charge in [0.25, 0.3) is 0 Å². The number of likely N-dealkylation sites (tertiary alicyclic amines) is 1. The Morgan fingerprint density at radius 3 is 2.32 bits per heavy atom. The lowest BCUT2D eigenvalue weighted by Crippen LogP contribution is -2.67. The maximum absolute atomic E-state index is 11.0. The predicted molar refractivity (Wildman–Crippen MR) is 87.8 cm³/mol. The summed E-state index contributed by atoms with van der Waals surface area (Å²) in [5.74, 6) is 0.351. The molecule has 1 amide bonds. The van der Waals surface area contributed by atoms with E-state index in [9.17, 15) is 30.3 Å². The Bertz CT molecular complexity index is 568. The molecule has 1 unspecified atom stereocenters. The van der Waals surface area contributed by atoms with Crippen LogP contribution >= 0.6 is 0 Å². The van der Waals surface area contributed by atoms with Gasteiger partial charge >= 0.3 is 0 Å². The number of nitrogens with one attached hydrogen (secondary N) is 1. The zero-order chi connectivity index (χ0) is 18.6. The summed E-state index contributed by atoms with van der Waals surface area (Å²) in [7, 11) is 0. The van der Waals surface area contributed by atoms with Crippen LogP contribution in [0.4, 0.5) is 5.69 Å². The average molecular weight is 356 g/mol. The van der Waals surface area contributed by atoms with E-state index in [-0.39, 0.29) is 19.1 Å². The van der Waals surface area contributed by atoms with Crippen LogP contribution in [0.25, 0.3) is 0 Å². The topological polar surface area (TPSA) is 143 Å². The van der Waals surface area contributed by atoms with E-state index in [1.807, 2.05) is 0 Å². The third kappa shape index (κ3) is 4.66. The van der Waals surface area contributed by atoms with E-state index in [0.29, 0.717) is 11.4 Å². The molecular weight excluding hydrogens is 332 g/mol. The number of rotatable bonds is 6.